The van der Waals surface area contributed by atoms with Gasteiger partial charge in [0.05, 0.1) is 10.9 Å². The number of fused-ring (bicyclic) bond motifs is 1. The van der Waals surface area contributed by atoms with E-state index in [2.05, 4.69) is 21.2 Å². The molecule has 4 nitrogen and oxygen atoms in total. The van der Waals surface area contributed by atoms with Crippen LogP contribution in [-0.4, -0.2) is 12.7 Å². The van der Waals surface area contributed by atoms with Crippen molar-refractivity contribution >= 4 is 27.5 Å². The van der Waals surface area contributed by atoms with Crippen molar-refractivity contribution < 1.29 is 18.7 Å². The minimum atomic E-state index is -0.418. The molecule has 6 heteroatoms. The molecule has 3 rings (SSSR count). The highest BCUT2D eigenvalue weighted by Gasteiger charge is 2.15. The van der Waals surface area contributed by atoms with Gasteiger partial charge in [-0.05, 0) is 39.7 Å². The SMILES string of the molecule is O=C(Cc1cccc(Br)c1F)Nc1ccc2c(c1)OCO2. The molecule has 21 heavy (non-hydrogen) atoms. The summed E-state index contributed by atoms with van der Waals surface area (Å²) in [4.78, 5) is 12.0. The zero-order chi connectivity index (χ0) is 14.8. The molecular formula is C15H11BrFNO3. The maximum absolute atomic E-state index is 13.8. The van der Waals surface area contributed by atoms with Gasteiger partial charge in [-0.15, -0.1) is 0 Å². The van der Waals surface area contributed by atoms with Gasteiger partial charge >= 0.3 is 0 Å². The van der Waals surface area contributed by atoms with Crippen molar-refractivity contribution in [3.8, 4) is 11.5 Å². The van der Waals surface area contributed by atoms with Gasteiger partial charge < -0.3 is 14.8 Å². The Kier molecular flexibility index (Phi) is 3.79. The molecule has 0 unspecified atom stereocenters. The number of amides is 1. The fourth-order valence-corrected chi connectivity index (χ4v) is 2.44. The highest BCUT2D eigenvalue weighted by molar-refractivity contribution is 9.10. The van der Waals surface area contributed by atoms with Crippen LogP contribution in [0.1, 0.15) is 5.56 Å². The lowest BCUT2D eigenvalue weighted by molar-refractivity contribution is -0.115. The summed E-state index contributed by atoms with van der Waals surface area (Å²) in [5.41, 5.74) is 0.919. The van der Waals surface area contributed by atoms with E-state index in [1.54, 1.807) is 36.4 Å². The molecule has 1 amide bonds. The van der Waals surface area contributed by atoms with Crippen molar-refractivity contribution in [2.24, 2.45) is 0 Å². The van der Waals surface area contributed by atoms with Gasteiger partial charge in [-0.3, -0.25) is 4.79 Å². The first kappa shape index (κ1) is 13.9. The summed E-state index contributed by atoms with van der Waals surface area (Å²) in [6.07, 6.45) is -0.0419. The number of benzene rings is 2. The third-order valence-corrected chi connectivity index (χ3v) is 3.65. The lowest BCUT2D eigenvalue weighted by atomic mass is 10.1. The Hall–Kier alpha value is -2.08. The molecule has 1 N–H and O–H groups in total. The van der Waals surface area contributed by atoms with E-state index in [0.717, 1.165) is 0 Å². The average molecular weight is 352 g/mol. The van der Waals surface area contributed by atoms with Gasteiger partial charge in [0.2, 0.25) is 12.7 Å². The van der Waals surface area contributed by atoms with Gasteiger partial charge in [0.15, 0.2) is 11.5 Å². The minimum absolute atomic E-state index is 0.0419. The second kappa shape index (κ2) is 5.73. The molecule has 0 spiro atoms. The molecule has 0 aromatic heterocycles. The molecule has 0 aliphatic carbocycles. The highest BCUT2D eigenvalue weighted by Crippen LogP contribution is 2.34. The molecule has 0 radical (unpaired) electrons. The molecule has 0 atom stereocenters. The van der Waals surface area contributed by atoms with E-state index in [1.807, 2.05) is 0 Å². The number of carbonyl (C=O) groups excluding carboxylic acids is 1. The smallest absolute Gasteiger partial charge is 0.231 e. The number of halogens is 2. The van der Waals surface area contributed by atoms with Crippen molar-refractivity contribution in [1.82, 2.24) is 0 Å². The lowest BCUT2D eigenvalue weighted by Gasteiger charge is -2.07. The van der Waals surface area contributed by atoms with E-state index >= 15 is 0 Å². The first-order valence-electron chi connectivity index (χ1n) is 6.26. The lowest BCUT2D eigenvalue weighted by Crippen LogP contribution is -2.15. The average Bonchev–Trinajstić information content (AvgIpc) is 2.91. The van der Waals surface area contributed by atoms with E-state index in [1.165, 1.54) is 0 Å². The Morgan fingerprint density at radius 2 is 2.05 bits per heavy atom. The van der Waals surface area contributed by atoms with Crippen LogP contribution in [0.5, 0.6) is 11.5 Å². The Morgan fingerprint density at radius 1 is 1.24 bits per heavy atom. The van der Waals surface area contributed by atoms with E-state index < -0.39 is 5.82 Å². The van der Waals surface area contributed by atoms with E-state index in [-0.39, 0.29) is 19.1 Å². The summed E-state index contributed by atoms with van der Waals surface area (Å²) >= 11 is 3.10. The number of rotatable bonds is 3. The number of nitrogens with one attached hydrogen (secondary N) is 1. The van der Waals surface area contributed by atoms with Gasteiger partial charge in [0, 0.05) is 11.8 Å². The normalized spacial score (nSPS) is 12.3. The molecule has 0 fully saturated rings. The second-order valence-electron chi connectivity index (χ2n) is 4.51. The summed E-state index contributed by atoms with van der Waals surface area (Å²) in [5.74, 6) is 0.511. The van der Waals surface area contributed by atoms with Crippen LogP contribution in [0.2, 0.25) is 0 Å². The van der Waals surface area contributed by atoms with Gasteiger partial charge in [-0.2, -0.15) is 0 Å². The van der Waals surface area contributed by atoms with Crippen LogP contribution in [0.15, 0.2) is 40.9 Å². The molecule has 0 saturated carbocycles. The van der Waals surface area contributed by atoms with Crippen LogP contribution >= 0.6 is 15.9 Å². The number of hydrogen-bond acceptors (Lipinski definition) is 3. The highest BCUT2D eigenvalue weighted by atomic mass is 79.9. The van der Waals surface area contributed by atoms with Crippen molar-refractivity contribution in [3.05, 3.63) is 52.3 Å². The van der Waals surface area contributed by atoms with Crippen LogP contribution in [0.3, 0.4) is 0 Å². The predicted octanol–water partition coefficient (Wildman–Crippen LogP) is 3.50. The Balaban J connectivity index is 1.70. The van der Waals surface area contributed by atoms with Gasteiger partial charge in [-0.1, -0.05) is 12.1 Å². The zero-order valence-corrected chi connectivity index (χ0v) is 12.4. The van der Waals surface area contributed by atoms with Gasteiger partial charge in [0.1, 0.15) is 5.82 Å². The largest absolute Gasteiger partial charge is 0.454 e. The monoisotopic (exact) mass is 351 g/mol. The summed E-state index contributed by atoms with van der Waals surface area (Å²) in [5, 5.41) is 2.71. The molecule has 2 aromatic rings. The number of anilines is 1. The third kappa shape index (κ3) is 3.00. The van der Waals surface area contributed by atoms with Crippen molar-refractivity contribution in [2.45, 2.75) is 6.42 Å². The second-order valence-corrected chi connectivity index (χ2v) is 5.36. The summed E-state index contributed by atoms with van der Waals surface area (Å²) in [7, 11) is 0. The van der Waals surface area contributed by atoms with Crippen LogP contribution < -0.4 is 14.8 Å². The van der Waals surface area contributed by atoms with Crippen LogP contribution in [0, 0.1) is 5.82 Å². The Bertz CT molecular complexity index is 705. The maximum atomic E-state index is 13.8. The molecule has 2 aromatic carbocycles. The predicted molar refractivity (Wildman–Crippen MR) is 79.0 cm³/mol. The van der Waals surface area contributed by atoms with E-state index in [4.69, 9.17) is 9.47 Å². The Labute approximate surface area is 129 Å². The standard InChI is InChI=1S/C15H11BrFNO3/c16-11-3-1-2-9(15(11)17)6-14(19)18-10-4-5-12-13(7-10)21-8-20-12/h1-5,7H,6,8H2,(H,18,19). The fourth-order valence-electron chi connectivity index (χ4n) is 2.04. The first-order valence-corrected chi connectivity index (χ1v) is 7.05. The summed E-state index contributed by atoms with van der Waals surface area (Å²) < 4.78 is 24.6. The van der Waals surface area contributed by atoms with Crippen molar-refractivity contribution in [1.29, 1.82) is 0 Å². The molecular weight excluding hydrogens is 341 g/mol. The molecule has 1 heterocycles. The van der Waals surface area contributed by atoms with Gasteiger partial charge in [0.25, 0.3) is 0 Å². The quantitative estimate of drug-likeness (QED) is 0.920. The molecule has 0 saturated heterocycles. The van der Waals surface area contributed by atoms with E-state index in [9.17, 15) is 9.18 Å². The molecule has 108 valence electrons. The molecule has 1 aliphatic heterocycles. The third-order valence-electron chi connectivity index (χ3n) is 3.04. The minimum Gasteiger partial charge on any atom is -0.454 e. The van der Waals surface area contributed by atoms with Crippen LogP contribution in [0.4, 0.5) is 10.1 Å². The zero-order valence-electron chi connectivity index (χ0n) is 10.9. The molecule has 0 bridgehead atoms. The number of carbonyl (C=O) groups is 1. The van der Waals surface area contributed by atoms with Gasteiger partial charge in [-0.25, -0.2) is 4.39 Å². The summed E-state index contributed by atoms with van der Waals surface area (Å²) in [6.45, 7) is 0.177. The van der Waals surface area contributed by atoms with Crippen LogP contribution in [0.25, 0.3) is 0 Å². The topological polar surface area (TPSA) is 47.6 Å². The van der Waals surface area contributed by atoms with Crippen molar-refractivity contribution in [2.75, 3.05) is 12.1 Å². The summed E-state index contributed by atoms with van der Waals surface area (Å²) in [6, 6.07) is 9.97. The Morgan fingerprint density at radius 3 is 2.90 bits per heavy atom. The number of ether oxygens (including phenoxy) is 2. The fraction of sp³-hybridized carbons (Fsp3) is 0.133. The van der Waals surface area contributed by atoms with E-state index in [0.29, 0.717) is 27.2 Å². The first-order chi connectivity index (χ1) is 10.1. The van der Waals surface area contributed by atoms with Crippen molar-refractivity contribution in [3.63, 3.8) is 0 Å². The van der Waals surface area contributed by atoms with Crippen LogP contribution in [-0.2, 0) is 11.2 Å². The maximum Gasteiger partial charge on any atom is 0.231 e. The number of hydrogen-bond donors (Lipinski definition) is 1. The molecule has 1 aliphatic rings.